The topological polar surface area (TPSA) is 59.8 Å². The third-order valence-electron chi connectivity index (χ3n) is 5.29. The number of carbonyl (C=O) groups is 1. The number of amides is 1. The lowest BCUT2D eigenvalue weighted by Crippen LogP contribution is -2.31. The second-order valence-electron chi connectivity index (χ2n) is 7.38. The van der Waals surface area contributed by atoms with Gasteiger partial charge in [0.25, 0.3) is 0 Å². The molecule has 1 atom stereocenters. The van der Waals surface area contributed by atoms with Crippen LogP contribution in [-0.4, -0.2) is 26.4 Å². The van der Waals surface area contributed by atoms with Gasteiger partial charge in [0, 0.05) is 19.2 Å². The second kappa shape index (κ2) is 9.93. The van der Waals surface area contributed by atoms with Crippen molar-refractivity contribution in [1.82, 2.24) is 20.1 Å². The van der Waals surface area contributed by atoms with Gasteiger partial charge in [-0.15, -0.1) is 10.2 Å². The summed E-state index contributed by atoms with van der Waals surface area (Å²) < 4.78 is 2.05. The quantitative estimate of drug-likeness (QED) is 0.687. The maximum atomic E-state index is 12.1. The van der Waals surface area contributed by atoms with E-state index in [0.717, 1.165) is 22.7 Å². The molecule has 1 unspecified atom stereocenters. The van der Waals surface area contributed by atoms with Gasteiger partial charge in [0.1, 0.15) is 0 Å². The smallest absolute Gasteiger partial charge is 0.220 e. The van der Waals surface area contributed by atoms with E-state index >= 15 is 0 Å². The van der Waals surface area contributed by atoms with Crippen molar-refractivity contribution in [2.75, 3.05) is 5.75 Å². The van der Waals surface area contributed by atoms with E-state index in [9.17, 15) is 4.79 Å². The number of hydrogen-bond acceptors (Lipinski definition) is 4. The van der Waals surface area contributed by atoms with Crippen LogP contribution in [-0.2, 0) is 18.3 Å². The highest BCUT2D eigenvalue weighted by Gasteiger charge is 2.22. The number of thioether (sulfide) groups is 1. The first-order chi connectivity index (χ1) is 13.2. The molecule has 1 aliphatic carbocycles. The third kappa shape index (κ3) is 5.58. The molecule has 1 aliphatic rings. The monoisotopic (exact) mass is 386 g/mol. The van der Waals surface area contributed by atoms with E-state index in [0.29, 0.717) is 12.8 Å². The molecular weight excluding hydrogens is 356 g/mol. The van der Waals surface area contributed by atoms with Crippen LogP contribution in [0.3, 0.4) is 0 Å². The average Bonchev–Trinajstić information content (AvgIpc) is 3.07. The summed E-state index contributed by atoms with van der Waals surface area (Å²) in [4.78, 5) is 12.1. The molecule has 6 heteroatoms. The highest BCUT2D eigenvalue weighted by molar-refractivity contribution is 7.99. The third-order valence-corrected chi connectivity index (χ3v) is 6.54. The van der Waals surface area contributed by atoms with Crippen LogP contribution in [0, 0.1) is 5.92 Å². The lowest BCUT2D eigenvalue weighted by Gasteiger charge is -2.21. The normalized spacial score (nSPS) is 16.2. The maximum absolute atomic E-state index is 12.1. The van der Waals surface area contributed by atoms with Gasteiger partial charge in [-0.2, -0.15) is 0 Å². The average molecular weight is 387 g/mol. The van der Waals surface area contributed by atoms with E-state index < -0.39 is 0 Å². The number of carbonyl (C=O) groups excluding carboxylic acids is 1. The Labute approximate surface area is 166 Å². The van der Waals surface area contributed by atoms with Crippen LogP contribution in [0.15, 0.2) is 35.5 Å². The van der Waals surface area contributed by atoms with E-state index in [1.165, 1.54) is 37.7 Å². The lowest BCUT2D eigenvalue weighted by molar-refractivity contribution is -0.121. The molecule has 0 bridgehead atoms. The first-order valence-electron chi connectivity index (χ1n) is 10.0. The molecule has 0 spiro atoms. The Bertz CT molecular complexity index is 725. The molecule has 1 amide bonds. The van der Waals surface area contributed by atoms with Gasteiger partial charge in [-0.25, -0.2) is 0 Å². The Morgan fingerprint density at radius 2 is 1.96 bits per heavy atom. The number of benzene rings is 1. The molecule has 1 heterocycles. The number of aromatic nitrogens is 3. The highest BCUT2D eigenvalue weighted by atomic mass is 32.2. The predicted octanol–water partition coefficient (Wildman–Crippen LogP) is 4.30. The van der Waals surface area contributed by atoms with Crippen LogP contribution in [0.4, 0.5) is 0 Å². The summed E-state index contributed by atoms with van der Waals surface area (Å²) in [6, 6.07) is 10.1. The van der Waals surface area contributed by atoms with Gasteiger partial charge in [0.2, 0.25) is 5.91 Å². The molecule has 1 N–H and O–H groups in total. The van der Waals surface area contributed by atoms with E-state index in [4.69, 9.17) is 0 Å². The molecule has 0 saturated heterocycles. The molecule has 0 aliphatic heterocycles. The van der Waals surface area contributed by atoms with Crippen molar-refractivity contribution in [3.8, 4) is 0 Å². The molecule has 0 radical (unpaired) electrons. The van der Waals surface area contributed by atoms with Gasteiger partial charge in [-0.1, -0.05) is 68.3 Å². The molecular formula is C21H30N4OS. The largest absolute Gasteiger partial charge is 0.346 e. The van der Waals surface area contributed by atoms with Gasteiger partial charge in [-0.05, 0) is 30.7 Å². The second-order valence-corrected chi connectivity index (χ2v) is 8.37. The zero-order chi connectivity index (χ0) is 19.1. The number of nitrogens with one attached hydrogen (secondary N) is 1. The zero-order valence-electron chi connectivity index (χ0n) is 16.4. The van der Waals surface area contributed by atoms with E-state index in [2.05, 4.69) is 32.2 Å². The summed E-state index contributed by atoms with van der Waals surface area (Å²) in [5.41, 5.74) is 1.18. The fourth-order valence-electron chi connectivity index (χ4n) is 3.65. The van der Waals surface area contributed by atoms with Gasteiger partial charge in [0.15, 0.2) is 11.0 Å². The van der Waals surface area contributed by atoms with E-state index in [1.54, 1.807) is 11.8 Å². The van der Waals surface area contributed by atoms with Crippen molar-refractivity contribution in [3.05, 3.63) is 41.7 Å². The summed E-state index contributed by atoms with van der Waals surface area (Å²) >= 11 is 1.80. The molecule has 1 aromatic heterocycles. The maximum Gasteiger partial charge on any atom is 0.220 e. The first kappa shape index (κ1) is 19.9. The fourth-order valence-corrected chi connectivity index (χ4v) is 4.76. The van der Waals surface area contributed by atoms with Crippen molar-refractivity contribution in [1.29, 1.82) is 0 Å². The van der Waals surface area contributed by atoms with Crippen molar-refractivity contribution >= 4 is 17.7 Å². The van der Waals surface area contributed by atoms with Gasteiger partial charge in [0.05, 0.1) is 6.04 Å². The summed E-state index contributed by atoms with van der Waals surface area (Å²) in [6.45, 7) is 1.87. The zero-order valence-corrected chi connectivity index (χ0v) is 17.2. The fraction of sp³-hybridized carbons (Fsp3) is 0.571. The Morgan fingerprint density at radius 1 is 1.22 bits per heavy atom. The summed E-state index contributed by atoms with van der Waals surface area (Å²) in [6.07, 6.45) is 7.95. The van der Waals surface area contributed by atoms with Crippen LogP contribution in [0.2, 0.25) is 0 Å². The van der Waals surface area contributed by atoms with Crippen LogP contribution in [0.5, 0.6) is 0 Å². The highest BCUT2D eigenvalue weighted by Crippen LogP contribution is 2.30. The van der Waals surface area contributed by atoms with Crippen LogP contribution < -0.4 is 5.32 Å². The Kier molecular flexibility index (Phi) is 7.33. The molecule has 5 nitrogen and oxygen atoms in total. The molecule has 2 aromatic rings. The molecule has 1 fully saturated rings. The summed E-state index contributed by atoms with van der Waals surface area (Å²) in [5.74, 6) is 2.77. The minimum Gasteiger partial charge on any atom is -0.346 e. The lowest BCUT2D eigenvalue weighted by atomic mass is 9.91. The van der Waals surface area contributed by atoms with Crippen LogP contribution in [0.25, 0.3) is 0 Å². The van der Waals surface area contributed by atoms with Crippen LogP contribution in [0.1, 0.15) is 62.9 Å². The molecule has 1 aromatic carbocycles. The first-order valence-corrected chi connectivity index (χ1v) is 11.0. The molecule has 146 valence electrons. The Balaban J connectivity index is 1.71. The standard InChI is InChI=1S/C21H30N4OS/c1-3-19(26)22-18(14-16-10-6-4-7-11-16)20-23-24-21(25(20)2)27-15-17-12-8-5-9-13-17/h4,6-7,10-11,17-18H,3,5,8-9,12-15H2,1-2H3,(H,22,26). The van der Waals surface area contributed by atoms with Crippen molar-refractivity contribution in [2.45, 2.75) is 63.1 Å². The van der Waals surface area contributed by atoms with Gasteiger partial charge in [-0.3, -0.25) is 4.79 Å². The van der Waals surface area contributed by atoms with Crippen LogP contribution >= 0.6 is 11.8 Å². The van der Waals surface area contributed by atoms with Crippen molar-refractivity contribution in [2.24, 2.45) is 13.0 Å². The van der Waals surface area contributed by atoms with E-state index in [-0.39, 0.29) is 11.9 Å². The molecule has 1 saturated carbocycles. The van der Waals surface area contributed by atoms with Gasteiger partial charge >= 0.3 is 0 Å². The number of rotatable bonds is 8. The number of hydrogen-bond donors (Lipinski definition) is 1. The molecule has 3 rings (SSSR count). The van der Waals surface area contributed by atoms with E-state index in [1.807, 2.05) is 32.2 Å². The minimum atomic E-state index is -0.165. The van der Waals surface area contributed by atoms with Gasteiger partial charge < -0.3 is 9.88 Å². The Hall–Kier alpha value is -1.82. The Morgan fingerprint density at radius 3 is 2.67 bits per heavy atom. The summed E-state index contributed by atoms with van der Waals surface area (Å²) in [5, 5.41) is 12.9. The SMILES string of the molecule is CCC(=O)NC(Cc1ccccc1)c1nnc(SCC2CCCCC2)n1C. The predicted molar refractivity (Wildman–Crippen MR) is 110 cm³/mol. The summed E-state index contributed by atoms with van der Waals surface area (Å²) in [7, 11) is 2.01. The minimum absolute atomic E-state index is 0.0374. The molecule has 27 heavy (non-hydrogen) atoms. The van der Waals surface area contributed by atoms with Crippen molar-refractivity contribution in [3.63, 3.8) is 0 Å². The number of nitrogens with zero attached hydrogens (tertiary/aromatic N) is 3. The van der Waals surface area contributed by atoms with Crippen molar-refractivity contribution < 1.29 is 4.79 Å².